The van der Waals surface area contributed by atoms with E-state index in [2.05, 4.69) is 10.3 Å². The zero-order valence-corrected chi connectivity index (χ0v) is 20.1. The van der Waals surface area contributed by atoms with Crippen LogP contribution < -0.4 is 5.32 Å². The first-order valence-corrected chi connectivity index (χ1v) is 12.6. The Morgan fingerprint density at radius 1 is 1.15 bits per heavy atom. The number of carbonyl (C=O) groups excluding carboxylic acids is 1. The third-order valence-electron chi connectivity index (χ3n) is 5.51. The molecule has 0 radical (unpaired) electrons. The molecule has 1 aliphatic carbocycles. The number of aromatic nitrogens is 1. The lowest BCUT2D eigenvalue weighted by Crippen LogP contribution is -2.42. The maximum atomic E-state index is 13.0. The van der Waals surface area contributed by atoms with Gasteiger partial charge in [-0.3, -0.25) is 0 Å². The van der Waals surface area contributed by atoms with Crippen molar-refractivity contribution in [2.24, 2.45) is 0 Å². The van der Waals surface area contributed by atoms with Crippen molar-refractivity contribution >= 4 is 21.9 Å². The van der Waals surface area contributed by atoms with Crippen LogP contribution in [0.1, 0.15) is 68.3 Å². The van der Waals surface area contributed by atoms with Crippen molar-refractivity contribution < 1.29 is 32.3 Å². The largest absolute Gasteiger partial charge is 0.478 e. The summed E-state index contributed by atoms with van der Waals surface area (Å²) in [6, 6.07) is 5.92. The first kappa shape index (κ1) is 24.8. The van der Waals surface area contributed by atoms with Crippen molar-refractivity contribution in [2.45, 2.75) is 76.0 Å². The number of sulfone groups is 1. The second kappa shape index (κ2) is 9.54. The molecule has 33 heavy (non-hydrogen) atoms. The van der Waals surface area contributed by atoms with Gasteiger partial charge in [0.2, 0.25) is 5.89 Å². The number of carbonyl (C=O) groups is 2. The van der Waals surface area contributed by atoms with E-state index in [-0.39, 0.29) is 23.2 Å². The quantitative estimate of drug-likeness (QED) is 0.633. The maximum Gasteiger partial charge on any atom is 0.407 e. The number of aryl methyl sites for hydroxylation is 1. The standard InChI is InChI=1S/C23H30N2O7S/c1-14-19(25-20(31-14)15-5-7-16(8-6-15)21(26)27)13-33(29,30)18-11-9-17(10-12-18)24-22(28)32-23(2,3)4/h5-8,17-18H,9-13H2,1-4H3,(H,24,28)(H,26,27)/t17-,18+. The summed E-state index contributed by atoms with van der Waals surface area (Å²) in [4.78, 5) is 27.3. The van der Waals surface area contributed by atoms with Crippen LogP contribution in [0.2, 0.25) is 0 Å². The van der Waals surface area contributed by atoms with Crippen LogP contribution in [0.25, 0.3) is 11.5 Å². The second-order valence-corrected chi connectivity index (χ2v) is 11.6. The summed E-state index contributed by atoms with van der Waals surface area (Å²) >= 11 is 0. The Morgan fingerprint density at radius 3 is 2.30 bits per heavy atom. The molecule has 0 spiro atoms. The number of aromatic carboxylic acids is 1. The van der Waals surface area contributed by atoms with Crippen LogP contribution in [0, 0.1) is 6.92 Å². The Balaban J connectivity index is 1.61. The van der Waals surface area contributed by atoms with Gasteiger partial charge < -0.3 is 19.6 Å². The summed E-state index contributed by atoms with van der Waals surface area (Å²) in [7, 11) is -3.47. The van der Waals surface area contributed by atoms with Gasteiger partial charge in [-0.1, -0.05) is 0 Å². The smallest absolute Gasteiger partial charge is 0.407 e. The van der Waals surface area contributed by atoms with Gasteiger partial charge >= 0.3 is 12.1 Å². The number of benzene rings is 1. The third kappa shape index (κ3) is 6.56. The monoisotopic (exact) mass is 478 g/mol. The Hall–Kier alpha value is -2.88. The molecule has 2 aromatic rings. The number of hydrogen-bond donors (Lipinski definition) is 2. The molecule has 10 heteroatoms. The Kier molecular flexibility index (Phi) is 7.16. The number of hydrogen-bond acceptors (Lipinski definition) is 7. The summed E-state index contributed by atoms with van der Waals surface area (Å²) < 4.78 is 37.0. The fourth-order valence-electron chi connectivity index (χ4n) is 3.79. The molecule has 0 saturated heterocycles. The molecule has 1 saturated carbocycles. The number of ether oxygens (including phenoxy) is 1. The lowest BCUT2D eigenvalue weighted by molar-refractivity contribution is 0.0493. The van der Waals surface area contributed by atoms with Crippen molar-refractivity contribution in [3.8, 4) is 11.5 Å². The van der Waals surface area contributed by atoms with Crippen LogP contribution in [-0.2, 0) is 20.3 Å². The minimum absolute atomic E-state index is 0.111. The lowest BCUT2D eigenvalue weighted by Gasteiger charge is -2.29. The van der Waals surface area contributed by atoms with E-state index in [1.54, 1.807) is 39.8 Å². The number of amides is 1. The van der Waals surface area contributed by atoms with Crippen molar-refractivity contribution in [3.63, 3.8) is 0 Å². The average Bonchev–Trinajstić information content (AvgIpc) is 3.06. The first-order valence-electron chi connectivity index (χ1n) is 10.8. The molecule has 1 amide bonds. The number of oxazole rings is 1. The molecule has 0 atom stereocenters. The number of nitrogens with zero attached hydrogens (tertiary/aromatic N) is 1. The van der Waals surface area contributed by atoms with Crippen LogP contribution in [-0.4, -0.2) is 47.5 Å². The highest BCUT2D eigenvalue weighted by molar-refractivity contribution is 7.91. The number of rotatable bonds is 6. The molecule has 0 bridgehead atoms. The minimum atomic E-state index is -3.47. The van der Waals surface area contributed by atoms with Crippen molar-refractivity contribution in [1.29, 1.82) is 0 Å². The van der Waals surface area contributed by atoms with E-state index in [0.717, 1.165) is 0 Å². The zero-order valence-electron chi connectivity index (χ0n) is 19.3. The Morgan fingerprint density at radius 2 is 1.76 bits per heavy atom. The fraction of sp³-hybridized carbons (Fsp3) is 0.522. The fourth-order valence-corrected chi connectivity index (χ4v) is 5.66. The van der Waals surface area contributed by atoms with E-state index in [9.17, 15) is 18.0 Å². The summed E-state index contributed by atoms with van der Waals surface area (Å²) in [5, 5.41) is 11.3. The van der Waals surface area contributed by atoms with Gasteiger partial charge in [0, 0.05) is 11.6 Å². The van der Waals surface area contributed by atoms with E-state index in [1.165, 1.54) is 12.1 Å². The van der Waals surface area contributed by atoms with E-state index >= 15 is 0 Å². The summed E-state index contributed by atoms with van der Waals surface area (Å²) in [6.07, 6.45) is 1.52. The lowest BCUT2D eigenvalue weighted by atomic mass is 9.95. The van der Waals surface area contributed by atoms with Crippen molar-refractivity contribution in [3.05, 3.63) is 41.3 Å². The van der Waals surface area contributed by atoms with Crippen LogP contribution in [0.5, 0.6) is 0 Å². The summed E-state index contributed by atoms with van der Waals surface area (Å²) in [5.74, 6) is -0.603. The highest BCUT2D eigenvalue weighted by Gasteiger charge is 2.33. The van der Waals surface area contributed by atoms with Crippen molar-refractivity contribution in [2.75, 3.05) is 0 Å². The molecule has 0 aliphatic heterocycles. The van der Waals surface area contributed by atoms with Crippen LogP contribution in [0.3, 0.4) is 0 Å². The second-order valence-electron chi connectivity index (χ2n) is 9.33. The molecule has 1 aliphatic rings. The normalized spacial score (nSPS) is 19.2. The highest BCUT2D eigenvalue weighted by Crippen LogP contribution is 2.29. The van der Waals surface area contributed by atoms with Crippen LogP contribution in [0.4, 0.5) is 4.79 Å². The van der Waals surface area contributed by atoms with E-state index < -0.39 is 32.8 Å². The third-order valence-corrected chi connectivity index (χ3v) is 7.68. The molecule has 1 heterocycles. The van der Waals surface area contributed by atoms with Gasteiger partial charge in [0.1, 0.15) is 11.4 Å². The predicted octanol–water partition coefficient (Wildman–Crippen LogP) is 4.10. The molecule has 9 nitrogen and oxygen atoms in total. The maximum absolute atomic E-state index is 13.0. The van der Waals surface area contributed by atoms with Gasteiger partial charge in [0.25, 0.3) is 0 Å². The van der Waals surface area contributed by atoms with Crippen LogP contribution in [0.15, 0.2) is 28.7 Å². The van der Waals surface area contributed by atoms with E-state index in [4.69, 9.17) is 14.3 Å². The Bertz CT molecular complexity index is 1110. The topological polar surface area (TPSA) is 136 Å². The Labute approximate surface area is 193 Å². The van der Waals surface area contributed by atoms with Gasteiger partial charge in [0.05, 0.1) is 22.3 Å². The van der Waals surface area contributed by atoms with Crippen molar-refractivity contribution in [1.82, 2.24) is 10.3 Å². The summed E-state index contributed by atoms with van der Waals surface area (Å²) in [5.41, 5.74) is 0.473. The average molecular weight is 479 g/mol. The SMILES string of the molecule is Cc1oc(-c2ccc(C(=O)O)cc2)nc1CS(=O)(=O)[C@H]1CC[C@@H](NC(=O)OC(C)(C)C)CC1. The van der Waals surface area contributed by atoms with Gasteiger partial charge in [0.15, 0.2) is 9.84 Å². The molecular weight excluding hydrogens is 448 g/mol. The molecule has 180 valence electrons. The molecule has 3 rings (SSSR count). The summed E-state index contributed by atoms with van der Waals surface area (Å²) in [6.45, 7) is 7.03. The highest BCUT2D eigenvalue weighted by atomic mass is 32.2. The van der Waals surface area contributed by atoms with Crippen LogP contribution >= 0.6 is 0 Å². The van der Waals surface area contributed by atoms with E-state index in [0.29, 0.717) is 42.7 Å². The molecule has 2 N–H and O–H groups in total. The molecular formula is C23H30N2O7S. The van der Waals surface area contributed by atoms with Gasteiger partial charge in [-0.15, -0.1) is 0 Å². The molecule has 1 fully saturated rings. The zero-order chi connectivity index (χ0) is 24.4. The number of alkyl carbamates (subject to hydrolysis) is 1. The molecule has 1 aromatic carbocycles. The number of carboxylic acids is 1. The number of carboxylic acid groups (broad SMARTS) is 1. The molecule has 0 unspecified atom stereocenters. The van der Waals surface area contributed by atoms with Gasteiger partial charge in [-0.05, 0) is 77.6 Å². The number of nitrogens with one attached hydrogen (secondary N) is 1. The van der Waals surface area contributed by atoms with Gasteiger partial charge in [-0.2, -0.15) is 0 Å². The molecule has 1 aromatic heterocycles. The predicted molar refractivity (Wildman–Crippen MR) is 122 cm³/mol. The van der Waals surface area contributed by atoms with Gasteiger partial charge in [-0.25, -0.2) is 23.0 Å². The minimum Gasteiger partial charge on any atom is -0.478 e. The van der Waals surface area contributed by atoms with E-state index in [1.807, 2.05) is 0 Å². The first-order chi connectivity index (χ1) is 15.3.